The van der Waals surface area contributed by atoms with Gasteiger partial charge in [-0.1, -0.05) is 18.2 Å². The molecule has 0 aromatic heterocycles. The first-order chi connectivity index (χ1) is 8.92. The van der Waals surface area contributed by atoms with E-state index in [1.165, 1.54) is 18.2 Å². The summed E-state index contributed by atoms with van der Waals surface area (Å²) in [6, 6.07) is 5.75. The third kappa shape index (κ3) is 2.88. The lowest BCUT2D eigenvalue weighted by Crippen LogP contribution is -2.49. The van der Waals surface area contributed by atoms with Gasteiger partial charge < -0.3 is 0 Å². The van der Waals surface area contributed by atoms with Crippen molar-refractivity contribution in [2.24, 2.45) is 0 Å². The van der Waals surface area contributed by atoms with Gasteiger partial charge in [0, 0.05) is 14.1 Å². The van der Waals surface area contributed by atoms with Crippen LogP contribution in [-0.2, 0) is 20.2 Å². The molecule has 0 unspecified atom stereocenters. The molecule has 0 atom stereocenters. The molecule has 0 saturated heterocycles. The Morgan fingerprint density at radius 2 is 1.40 bits per heavy atom. The van der Waals surface area contributed by atoms with Crippen LogP contribution in [0.5, 0.6) is 0 Å². The molecule has 1 aromatic carbocycles. The van der Waals surface area contributed by atoms with Gasteiger partial charge in [0.25, 0.3) is 0 Å². The number of anilines is 1. The van der Waals surface area contributed by atoms with Crippen molar-refractivity contribution in [1.82, 2.24) is 4.31 Å². The predicted octanol–water partition coefficient (Wildman–Crippen LogP) is 1.15. The SMILES string of the molecule is CN(C)S(=O)(=O)N(c1ccccc1)S(=O)(=O)C(F)(F)F. The maximum atomic E-state index is 12.7. The maximum Gasteiger partial charge on any atom is 0.517 e. The maximum absolute atomic E-state index is 12.7. The van der Waals surface area contributed by atoms with E-state index in [-0.39, 0.29) is 0 Å². The summed E-state index contributed by atoms with van der Waals surface area (Å²) in [5, 5.41) is 0. The van der Waals surface area contributed by atoms with Crippen LogP contribution in [0.4, 0.5) is 18.9 Å². The van der Waals surface area contributed by atoms with Gasteiger partial charge in [0.15, 0.2) is 0 Å². The smallest absolute Gasteiger partial charge is 0.196 e. The zero-order valence-corrected chi connectivity index (χ0v) is 12.0. The van der Waals surface area contributed by atoms with Crippen molar-refractivity contribution in [3.63, 3.8) is 0 Å². The quantitative estimate of drug-likeness (QED) is 0.829. The van der Waals surface area contributed by atoms with Gasteiger partial charge in [-0.15, -0.1) is 3.71 Å². The van der Waals surface area contributed by atoms with Crippen LogP contribution in [0.2, 0.25) is 0 Å². The highest BCUT2D eigenvalue weighted by Gasteiger charge is 2.54. The van der Waals surface area contributed by atoms with Crippen LogP contribution in [0.3, 0.4) is 0 Å². The fraction of sp³-hybridized carbons (Fsp3) is 0.333. The zero-order chi connectivity index (χ0) is 15.8. The highest BCUT2D eigenvalue weighted by molar-refractivity contribution is 8.09. The monoisotopic (exact) mass is 332 g/mol. The predicted molar refractivity (Wildman–Crippen MR) is 66.5 cm³/mol. The van der Waals surface area contributed by atoms with E-state index in [4.69, 9.17) is 0 Å². The lowest BCUT2D eigenvalue weighted by molar-refractivity contribution is -0.0434. The Hall–Kier alpha value is -1.33. The Balaban J connectivity index is 3.64. The van der Waals surface area contributed by atoms with Crippen molar-refractivity contribution in [2.45, 2.75) is 5.51 Å². The van der Waals surface area contributed by atoms with E-state index in [1.54, 1.807) is 0 Å². The molecule has 0 heterocycles. The minimum absolute atomic E-state index is 0.378. The van der Waals surface area contributed by atoms with Crippen LogP contribution in [0.1, 0.15) is 0 Å². The van der Waals surface area contributed by atoms with Crippen molar-refractivity contribution in [3.8, 4) is 0 Å². The fourth-order valence-electron chi connectivity index (χ4n) is 1.19. The first-order valence-corrected chi connectivity index (χ1v) is 7.85. The third-order valence-electron chi connectivity index (χ3n) is 2.15. The Kier molecular flexibility index (Phi) is 4.36. The molecule has 0 aliphatic rings. The Morgan fingerprint density at radius 1 is 0.950 bits per heavy atom. The average molecular weight is 332 g/mol. The Bertz CT molecular complexity index is 669. The van der Waals surface area contributed by atoms with Crippen molar-refractivity contribution >= 4 is 25.9 Å². The van der Waals surface area contributed by atoms with Gasteiger partial charge in [0.1, 0.15) is 0 Å². The van der Waals surface area contributed by atoms with E-state index < -0.39 is 35.1 Å². The van der Waals surface area contributed by atoms with Gasteiger partial charge in [0.05, 0.1) is 5.69 Å². The summed E-state index contributed by atoms with van der Waals surface area (Å²) in [7, 11) is -9.11. The standard InChI is InChI=1S/C9H11F3N2O4S2/c1-13(2)20(17,18)14(8-6-4-3-5-7-8)19(15,16)9(10,11)12/h3-7H,1-2H3. The molecular weight excluding hydrogens is 321 g/mol. The number of rotatable bonds is 4. The normalized spacial score (nSPS) is 13.5. The van der Waals surface area contributed by atoms with E-state index >= 15 is 0 Å². The molecule has 0 aliphatic heterocycles. The highest BCUT2D eigenvalue weighted by atomic mass is 32.3. The number of sulfonamides is 1. The van der Waals surface area contributed by atoms with E-state index in [0.29, 0.717) is 4.31 Å². The van der Waals surface area contributed by atoms with Gasteiger partial charge >= 0.3 is 25.7 Å². The molecule has 0 fully saturated rings. The Labute approximate surface area is 114 Å². The second kappa shape index (κ2) is 5.22. The minimum Gasteiger partial charge on any atom is -0.196 e. The molecule has 0 saturated carbocycles. The van der Waals surface area contributed by atoms with Gasteiger partial charge in [-0.3, -0.25) is 0 Å². The average Bonchev–Trinajstić information content (AvgIpc) is 2.28. The molecule has 0 radical (unpaired) electrons. The molecule has 6 nitrogen and oxygen atoms in total. The highest BCUT2D eigenvalue weighted by Crippen LogP contribution is 2.33. The van der Waals surface area contributed by atoms with Crippen LogP contribution in [0.25, 0.3) is 0 Å². The van der Waals surface area contributed by atoms with Crippen LogP contribution in [0, 0.1) is 0 Å². The number of para-hydroxylation sites is 1. The fourth-order valence-corrected chi connectivity index (χ4v) is 4.11. The van der Waals surface area contributed by atoms with Crippen molar-refractivity contribution in [1.29, 1.82) is 0 Å². The van der Waals surface area contributed by atoms with Crippen molar-refractivity contribution in [3.05, 3.63) is 30.3 Å². The largest absolute Gasteiger partial charge is 0.517 e. The lowest BCUT2D eigenvalue weighted by atomic mass is 10.3. The second-order valence-corrected chi connectivity index (χ2v) is 7.77. The molecule has 0 spiro atoms. The number of alkyl halides is 3. The molecule has 1 rings (SSSR count). The van der Waals surface area contributed by atoms with Crippen LogP contribution >= 0.6 is 0 Å². The van der Waals surface area contributed by atoms with Gasteiger partial charge in [0.2, 0.25) is 0 Å². The molecule has 1 aromatic rings. The summed E-state index contributed by atoms with van der Waals surface area (Å²) in [6.07, 6.45) is 0. The number of nitrogens with zero attached hydrogens (tertiary/aromatic N) is 2. The summed E-state index contributed by atoms with van der Waals surface area (Å²) in [5.41, 5.74) is -6.37. The van der Waals surface area contributed by atoms with Crippen molar-refractivity contribution < 1.29 is 30.0 Å². The second-order valence-electron chi connectivity index (χ2n) is 3.77. The lowest BCUT2D eigenvalue weighted by Gasteiger charge is -2.27. The van der Waals surface area contributed by atoms with E-state index in [2.05, 4.69) is 0 Å². The van der Waals surface area contributed by atoms with Gasteiger partial charge in [-0.05, 0) is 12.1 Å². The number of halogens is 3. The molecule has 20 heavy (non-hydrogen) atoms. The van der Waals surface area contributed by atoms with Crippen molar-refractivity contribution in [2.75, 3.05) is 17.8 Å². The summed E-state index contributed by atoms with van der Waals surface area (Å²) in [4.78, 5) is 0. The first kappa shape index (κ1) is 16.7. The molecule has 0 N–H and O–H groups in total. The minimum atomic E-state index is -6.09. The molecule has 11 heteroatoms. The topological polar surface area (TPSA) is 74.8 Å². The molecule has 0 bridgehead atoms. The van der Waals surface area contributed by atoms with Gasteiger partial charge in [-0.2, -0.15) is 34.3 Å². The van der Waals surface area contributed by atoms with Crippen LogP contribution in [-0.4, -0.2) is 40.7 Å². The zero-order valence-electron chi connectivity index (χ0n) is 10.4. The molecular formula is C9H11F3N2O4S2. The molecule has 114 valence electrons. The third-order valence-corrected chi connectivity index (χ3v) is 6.09. The van der Waals surface area contributed by atoms with E-state index in [9.17, 15) is 30.0 Å². The van der Waals surface area contributed by atoms with Crippen LogP contribution in [0.15, 0.2) is 30.3 Å². The number of benzene rings is 1. The first-order valence-electron chi connectivity index (χ1n) is 5.01. The number of hydrogen-bond donors (Lipinski definition) is 0. The molecule has 0 amide bonds. The molecule has 0 aliphatic carbocycles. The number of hydrogen-bond acceptors (Lipinski definition) is 4. The van der Waals surface area contributed by atoms with Crippen LogP contribution < -0.4 is 3.71 Å². The van der Waals surface area contributed by atoms with E-state index in [1.807, 2.05) is 0 Å². The van der Waals surface area contributed by atoms with E-state index in [0.717, 1.165) is 26.2 Å². The Morgan fingerprint density at radius 3 is 1.75 bits per heavy atom. The van der Waals surface area contributed by atoms with Gasteiger partial charge in [-0.25, -0.2) is 0 Å². The summed E-state index contributed by atoms with van der Waals surface area (Å²) < 4.78 is 84.5. The summed E-state index contributed by atoms with van der Waals surface area (Å²) >= 11 is 0. The summed E-state index contributed by atoms with van der Waals surface area (Å²) in [6.45, 7) is 0. The summed E-state index contributed by atoms with van der Waals surface area (Å²) in [5.74, 6) is 0.